The van der Waals surface area contributed by atoms with E-state index in [1.165, 1.54) is 54.6 Å². The van der Waals surface area contributed by atoms with Gasteiger partial charge in [0.25, 0.3) is 0 Å². The minimum atomic E-state index is 0.917. The molecule has 0 amide bonds. The topological polar surface area (TPSA) is 21.4 Å². The smallest absolute Gasteiger partial charge is 0.381 e. The molecule has 0 saturated heterocycles. The molecule has 0 aliphatic rings. The number of para-hydroxylation sites is 1. The normalized spacial score (nSPS) is 12.6. The second kappa shape index (κ2) is 4.63. The molecule has 0 spiro atoms. The van der Waals surface area contributed by atoms with Crippen molar-refractivity contribution in [2.45, 2.75) is 6.92 Å². The molecule has 4 aromatic heterocycles. The number of fused-ring (bicyclic) bond motifs is 7. The fourth-order valence-corrected chi connectivity index (χ4v) is 5.24. The summed E-state index contributed by atoms with van der Waals surface area (Å²) in [7, 11) is 2.12. The van der Waals surface area contributed by atoms with Crippen molar-refractivity contribution in [3.8, 4) is 0 Å². The Bertz CT molecular complexity index is 1730. The van der Waals surface area contributed by atoms with Crippen molar-refractivity contribution in [1.29, 1.82) is 0 Å². The van der Waals surface area contributed by atoms with Crippen LogP contribution in [0, 0.1) is 6.92 Å². The molecule has 3 heteroatoms. The number of benzene rings is 3. The molecule has 0 fully saturated rings. The lowest BCUT2D eigenvalue weighted by atomic mass is 9.98. The molecular weight excluding hydrogens is 344 g/mol. The Hall–Kier alpha value is -3.59. The molecule has 0 unspecified atom stereocenters. The summed E-state index contributed by atoms with van der Waals surface area (Å²) in [5.41, 5.74) is 7.25. The van der Waals surface area contributed by atoms with Crippen molar-refractivity contribution < 1.29 is 8.98 Å². The summed E-state index contributed by atoms with van der Waals surface area (Å²) in [5.74, 6) is 0. The van der Waals surface area contributed by atoms with Crippen LogP contribution in [0.25, 0.3) is 60.1 Å². The van der Waals surface area contributed by atoms with E-state index in [0.29, 0.717) is 0 Å². The van der Waals surface area contributed by atoms with Gasteiger partial charge >= 0.3 is 5.71 Å². The fourth-order valence-electron chi connectivity index (χ4n) is 5.24. The highest BCUT2D eigenvalue weighted by molar-refractivity contribution is 6.28. The van der Waals surface area contributed by atoms with Crippen LogP contribution in [-0.4, -0.2) is 4.40 Å². The zero-order valence-electron chi connectivity index (χ0n) is 15.7. The van der Waals surface area contributed by atoms with E-state index < -0.39 is 0 Å². The highest BCUT2D eigenvalue weighted by Crippen LogP contribution is 2.41. The predicted octanol–water partition coefficient (Wildman–Crippen LogP) is 5.87. The maximum absolute atomic E-state index is 5.90. The number of pyridine rings is 2. The van der Waals surface area contributed by atoms with Gasteiger partial charge in [-0.1, -0.05) is 42.5 Å². The third-order valence-electron chi connectivity index (χ3n) is 6.38. The molecule has 0 radical (unpaired) electrons. The third kappa shape index (κ3) is 1.44. The van der Waals surface area contributed by atoms with Gasteiger partial charge in [0.2, 0.25) is 5.52 Å². The van der Waals surface area contributed by atoms with Gasteiger partial charge in [-0.3, -0.25) is 0 Å². The van der Waals surface area contributed by atoms with E-state index in [9.17, 15) is 0 Å². The molecule has 0 bridgehead atoms. The summed E-state index contributed by atoms with van der Waals surface area (Å²) in [4.78, 5) is 0. The number of aromatic nitrogens is 2. The van der Waals surface area contributed by atoms with Crippen LogP contribution in [0.5, 0.6) is 0 Å². The first-order valence-electron chi connectivity index (χ1n) is 9.61. The first-order chi connectivity index (χ1) is 13.8. The van der Waals surface area contributed by atoms with Crippen LogP contribution < -0.4 is 4.57 Å². The van der Waals surface area contributed by atoms with Crippen molar-refractivity contribution in [3.63, 3.8) is 0 Å². The Morgan fingerprint density at radius 1 is 0.750 bits per heavy atom. The van der Waals surface area contributed by atoms with E-state index in [0.717, 1.165) is 11.1 Å². The number of aryl methyl sites for hydroxylation is 2. The molecular formula is C25H17N2O+. The van der Waals surface area contributed by atoms with Gasteiger partial charge in [-0.25, -0.2) is 0 Å². The van der Waals surface area contributed by atoms with Crippen molar-refractivity contribution in [3.05, 3.63) is 72.5 Å². The first kappa shape index (κ1) is 14.5. The number of nitrogens with zero attached hydrogens (tertiary/aromatic N) is 2. The van der Waals surface area contributed by atoms with Gasteiger partial charge in [0, 0.05) is 16.2 Å². The number of rotatable bonds is 0. The average Bonchev–Trinajstić information content (AvgIpc) is 3.33. The molecule has 4 heterocycles. The molecule has 3 nitrogen and oxygen atoms in total. The Morgan fingerprint density at radius 3 is 2.50 bits per heavy atom. The summed E-state index contributed by atoms with van der Waals surface area (Å²) in [6, 6.07) is 21.9. The highest BCUT2D eigenvalue weighted by atomic mass is 16.3. The van der Waals surface area contributed by atoms with Crippen molar-refractivity contribution in [2.75, 3.05) is 0 Å². The van der Waals surface area contributed by atoms with Gasteiger partial charge < -0.3 is 8.82 Å². The van der Waals surface area contributed by atoms with Gasteiger partial charge in [-0.2, -0.15) is 4.57 Å². The van der Waals surface area contributed by atoms with Crippen LogP contribution in [0.1, 0.15) is 5.56 Å². The Labute approximate surface area is 160 Å². The molecule has 0 aliphatic heterocycles. The summed E-state index contributed by atoms with van der Waals surface area (Å²) in [6.45, 7) is 2.21. The van der Waals surface area contributed by atoms with E-state index in [2.05, 4.69) is 83.6 Å². The van der Waals surface area contributed by atoms with Gasteiger partial charge in [0.05, 0.1) is 39.0 Å². The van der Waals surface area contributed by atoms with Crippen molar-refractivity contribution in [1.82, 2.24) is 4.40 Å². The van der Waals surface area contributed by atoms with Gasteiger partial charge in [-0.05, 0) is 30.7 Å². The van der Waals surface area contributed by atoms with Crippen LogP contribution in [0.15, 0.2) is 71.3 Å². The number of hydrogen-bond donors (Lipinski definition) is 0. The van der Waals surface area contributed by atoms with Crippen molar-refractivity contribution >= 4 is 60.1 Å². The van der Waals surface area contributed by atoms with Gasteiger partial charge in [0.15, 0.2) is 0 Å². The van der Waals surface area contributed by atoms with E-state index >= 15 is 0 Å². The van der Waals surface area contributed by atoms with Crippen molar-refractivity contribution in [2.24, 2.45) is 7.05 Å². The maximum Gasteiger partial charge on any atom is 0.381 e. The van der Waals surface area contributed by atoms with E-state index in [1.54, 1.807) is 6.26 Å². The fraction of sp³-hybridized carbons (Fsp3) is 0.0800. The Balaban J connectivity index is 2.03. The zero-order chi connectivity index (χ0) is 18.6. The molecule has 0 aliphatic carbocycles. The predicted molar refractivity (Wildman–Crippen MR) is 114 cm³/mol. The van der Waals surface area contributed by atoms with Crippen LogP contribution in [0.2, 0.25) is 0 Å². The highest BCUT2D eigenvalue weighted by Gasteiger charge is 2.27. The summed E-state index contributed by atoms with van der Waals surface area (Å²) in [5, 5.41) is 7.61. The largest absolute Gasteiger partial charge is 0.413 e. The quantitative estimate of drug-likeness (QED) is 0.188. The molecule has 7 rings (SSSR count). The van der Waals surface area contributed by atoms with E-state index in [-0.39, 0.29) is 0 Å². The second-order valence-electron chi connectivity index (χ2n) is 7.75. The minimum Gasteiger partial charge on any atom is -0.413 e. The Kier molecular flexibility index (Phi) is 2.39. The van der Waals surface area contributed by atoms with Gasteiger partial charge in [-0.15, -0.1) is 0 Å². The van der Waals surface area contributed by atoms with Crippen LogP contribution >= 0.6 is 0 Å². The number of furan rings is 1. The first-order valence-corrected chi connectivity index (χ1v) is 9.61. The molecule has 0 N–H and O–H groups in total. The molecule has 0 atom stereocenters. The Morgan fingerprint density at radius 2 is 1.57 bits per heavy atom. The standard InChI is InChI=1S/C25H17N2O/c1-14-10-11-17-15-6-3-4-8-19(15)27-20-9-5-7-16-18-12-13-28-25(18)26(2)24(22(16)20)21(14)23(17)27/h3-13H,1-2H3/q+1. The summed E-state index contributed by atoms with van der Waals surface area (Å²) < 4.78 is 10.6. The second-order valence-corrected chi connectivity index (χ2v) is 7.75. The monoisotopic (exact) mass is 361 g/mol. The third-order valence-corrected chi connectivity index (χ3v) is 6.38. The lowest BCUT2D eigenvalue weighted by Gasteiger charge is -2.13. The average molecular weight is 361 g/mol. The van der Waals surface area contributed by atoms with Gasteiger partial charge in [0.1, 0.15) is 7.05 Å². The SMILES string of the molecule is Cc1ccc2c3ccccc3n3c4cccc5c6ccoc6[n+](C)c(c1c23)c54. The molecule has 7 aromatic rings. The van der Waals surface area contributed by atoms with Crippen LogP contribution in [0.4, 0.5) is 0 Å². The summed E-state index contributed by atoms with van der Waals surface area (Å²) >= 11 is 0. The van der Waals surface area contributed by atoms with Crippen LogP contribution in [0.3, 0.4) is 0 Å². The van der Waals surface area contributed by atoms with E-state index in [1.807, 2.05) is 0 Å². The molecule has 3 aromatic carbocycles. The van der Waals surface area contributed by atoms with Crippen LogP contribution in [-0.2, 0) is 7.05 Å². The lowest BCUT2D eigenvalue weighted by Crippen LogP contribution is -2.30. The zero-order valence-corrected chi connectivity index (χ0v) is 15.7. The number of hydrogen-bond acceptors (Lipinski definition) is 1. The summed E-state index contributed by atoms with van der Waals surface area (Å²) in [6.07, 6.45) is 1.79. The molecule has 0 saturated carbocycles. The van der Waals surface area contributed by atoms with E-state index in [4.69, 9.17) is 4.42 Å². The molecule has 132 valence electrons. The minimum absolute atomic E-state index is 0.917. The lowest BCUT2D eigenvalue weighted by molar-refractivity contribution is -0.623. The molecule has 28 heavy (non-hydrogen) atoms. The maximum atomic E-state index is 5.90.